The van der Waals surface area contributed by atoms with Crippen LogP contribution in [0.2, 0.25) is 0 Å². The Hall–Kier alpha value is -1.46. The molecule has 1 aromatic carbocycles. The van der Waals surface area contributed by atoms with Crippen LogP contribution in [-0.2, 0) is 13.0 Å². The first-order valence-electron chi connectivity index (χ1n) is 5.63. The van der Waals surface area contributed by atoms with E-state index in [0.717, 1.165) is 12.0 Å². The zero-order valence-electron chi connectivity index (χ0n) is 9.93. The van der Waals surface area contributed by atoms with Crippen LogP contribution in [0.25, 0.3) is 0 Å². The Morgan fingerprint density at radius 2 is 2.06 bits per heavy atom. The highest BCUT2D eigenvalue weighted by molar-refractivity contribution is 9.10. The van der Waals surface area contributed by atoms with E-state index in [1.165, 1.54) is 0 Å². The third-order valence-corrected chi connectivity index (χ3v) is 2.80. The summed E-state index contributed by atoms with van der Waals surface area (Å²) in [6.45, 7) is 1.91. The molecule has 0 spiro atoms. The maximum Gasteiger partial charge on any atom is 0.223 e. The van der Waals surface area contributed by atoms with Crippen LogP contribution in [0, 0.1) is 0 Å². The number of aliphatic hydroxyl groups is 1. The normalized spacial score (nSPS) is 10.4. The van der Waals surface area contributed by atoms with Gasteiger partial charge in [0.05, 0.1) is 6.61 Å². The number of benzene rings is 1. The van der Waals surface area contributed by atoms with Crippen molar-refractivity contribution in [2.75, 3.05) is 0 Å². The summed E-state index contributed by atoms with van der Waals surface area (Å²) in [4.78, 5) is 8.49. The van der Waals surface area contributed by atoms with Crippen LogP contribution in [0.1, 0.15) is 18.3 Å². The van der Waals surface area contributed by atoms with Crippen LogP contribution < -0.4 is 4.74 Å². The topological polar surface area (TPSA) is 55.2 Å². The highest BCUT2D eigenvalue weighted by Gasteiger charge is 2.07. The van der Waals surface area contributed by atoms with E-state index in [1.807, 2.05) is 25.1 Å². The van der Waals surface area contributed by atoms with Crippen LogP contribution in [0.4, 0.5) is 0 Å². The molecule has 0 unspecified atom stereocenters. The van der Waals surface area contributed by atoms with Gasteiger partial charge in [0, 0.05) is 18.1 Å². The SMILES string of the molecule is CCc1nc(Br)cc(Oc2ccccc2CO)n1. The number of para-hydroxylation sites is 1. The van der Waals surface area contributed by atoms with E-state index in [4.69, 9.17) is 4.74 Å². The summed E-state index contributed by atoms with van der Waals surface area (Å²) < 4.78 is 6.37. The number of nitrogens with zero attached hydrogens (tertiary/aromatic N) is 2. The Morgan fingerprint density at radius 3 is 2.78 bits per heavy atom. The number of hydrogen-bond acceptors (Lipinski definition) is 4. The molecular weight excluding hydrogens is 296 g/mol. The van der Waals surface area contributed by atoms with Gasteiger partial charge in [-0.2, -0.15) is 4.98 Å². The van der Waals surface area contributed by atoms with E-state index < -0.39 is 0 Å². The first-order valence-corrected chi connectivity index (χ1v) is 6.42. The zero-order chi connectivity index (χ0) is 13.0. The van der Waals surface area contributed by atoms with Crippen molar-refractivity contribution >= 4 is 15.9 Å². The number of hydrogen-bond donors (Lipinski definition) is 1. The van der Waals surface area contributed by atoms with Gasteiger partial charge in [0.25, 0.3) is 0 Å². The molecule has 0 fully saturated rings. The van der Waals surface area contributed by atoms with Crippen molar-refractivity contribution in [1.82, 2.24) is 9.97 Å². The van der Waals surface area contributed by atoms with Crippen molar-refractivity contribution in [3.8, 4) is 11.6 Å². The molecule has 0 saturated carbocycles. The summed E-state index contributed by atoms with van der Waals surface area (Å²) in [5.74, 6) is 1.78. The van der Waals surface area contributed by atoms with Gasteiger partial charge in [-0.25, -0.2) is 4.98 Å². The maximum atomic E-state index is 9.23. The Balaban J connectivity index is 2.30. The number of rotatable bonds is 4. The largest absolute Gasteiger partial charge is 0.438 e. The van der Waals surface area contributed by atoms with Gasteiger partial charge in [0.15, 0.2) is 0 Å². The van der Waals surface area contributed by atoms with Crippen molar-refractivity contribution < 1.29 is 9.84 Å². The van der Waals surface area contributed by atoms with Crippen LogP contribution in [-0.4, -0.2) is 15.1 Å². The minimum absolute atomic E-state index is 0.0664. The van der Waals surface area contributed by atoms with Crippen molar-refractivity contribution in [1.29, 1.82) is 0 Å². The number of aryl methyl sites for hydroxylation is 1. The van der Waals surface area contributed by atoms with Gasteiger partial charge in [-0.3, -0.25) is 0 Å². The molecule has 0 aliphatic heterocycles. The molecule has 4 nitrogen and oxygen atoms in total. The Kier molecular flexibility index (Phi) is 4.28. The second-order valence-electron chi connectivity index (χ2n) is 3.67. The molecule has 5 heteroatoms. The summed E-state index contributed by atoms with van der Waals surface area (Å²) in [7, 11) is 0. The van der Waals surface area contributed by atoms with Gasteiger partial charge in [0.2, 0.25) is 5.88 Å². The lowest BCUT2D eigenvalue weighted by Crippen LogP contribution is -1.98. The average Bonchev–Trinajstić information content (AvgIpc) is 2.38. The van der Waals surface area contributed by atoms with Crippen molar-refractivity contribution in [3.63, 3.8) is 0 Å². The van der Waals surface area contributed by atoms with Crippen LogP contribution in [0.3, 0.4) is 0 Å². The number of ether oxygens (including phenoxy) is 1. The second-order valence-corrected chi connectivity index (χ2v) is 4.48. The quantitative estimate of drug-likeness (QED) is 0.882. The minimum atomic E-state index is -0.0664. The first-order chi connectivity index (χ1) is 8.72. The monoisotopic (exact) mass is 308 g/mol. The number of aliphatic hydroxyl groups excluding tert-OH is 1. The van der Waals surface area contributed by atoms with Gasteiger partial charge in [0.1, 0.15) is 16.2 Å². The smallest absolute Gasteiger partial charge is 0.223 e. The lowest BCUT2D eigenvalue weighted by atomic mass is 10.2. The lowest BCUT2D eigenvalue weighted by Gasteiger charge is -2.09. The second kappa shape index (κ2) is 5.93. The molecule has 0 atom stereocenters. The Bertz CT molecular complexity index is 546. The minimum Gasteiger partial charge on any atom is -0.438 e. The number of halogens is 1. The predicted molar refractivity (Wildman–Crippen MR) is 71.5 cm³/mol. The highest BCUT2D eigenvalue weighted by atomic mass is 79.9. The fraction of sp³-hybridized carbons (Fsp3) is 0.231. The lowest BCUT2D eigenvalue weighted by molar-refractivity contribution is 0.276. The molecule has 0 saturated heterocycles. The molecule has 1 heterocycles. The predicted octanol–water partition coefficient (Wildman–Crippen LogP) is 3.09. The molecule has 2 rings (SSSR count). The summed E-state index contributed by atoms with van der Waals surface area (Å²) in [5, 5.41) is 9.23. The first kappa shape index (κ1) is 13.0. The fourth-order valence-electron chi connectivity index (χ4n) is 1.50. The zero-order valence-corrected chi connectivity index (χ0v) is 11.5. The highest BCUT2D eigenvalue weighted by Crippen LogP contribution is 2.25. The molecule has 0 amide bonds. The van der Waals surface area contributed by atoms with E-state index in [2.05, 4.69) is 25.9 Å². The molecule has 1 aromatic heterocycles. The van der Waals surface area contributed by atoms with Gasteiger partial charge in [-0.1, -0.05) is 25.1 Å². The third kappa shape index (κ3) is 3.05. The van der Waals surface area contributed by atoms with Gasteiger partial charge >= 0.3 is 0 Å². The molecular formula is C13H13BrN2O2. The Labute approximate surface area is 114 Å². The van der Waals surface area contributed by atoms with E-state index in [-0.39, 0.29) is 6.61 Å². The van der Waals surface area contributed by atoms with Crippen LogP contribution in [0.15, 0.2) is 34.9 Å². The summed E-state index contributed by atoms with van der Waals surface area (Å²) in [5.41, 5.74) is 0.727. The molecule has 2 aromatic rings. The molecule has 1 N–H and O–H groups in total. The van der Waals surface area contributed by atoms with E-state index in [9.17, 15) is 5.11 Å². The third-order valence-electron chi connectivity index (χ3n) is 2.39. The number of aromatic nitrogens is 2. The van der Waals surface area contributed by atoms with Crippen LogP contribution >= 0.6 is 15.9 Å². The van der Waals surface area contributed by atoms with E-state index in [0.29, 0.717) is 22.1 Å². The van der Waals surface area contributed by atoms with E-state index in [1.54, 1.807) is 12.1 Å². The standard InChI is InChI=1S/C13H13BrN2O2/c1-2-12-15-11(14)7-13(16-12)18-10-6-4-3-5-9(10)8-17/h3-7,17H,2,8H2,1H3. The van der Waals surface area contributed by atoms with Gasteiger partial charge in [-0.05, 0) is 22.0 Å². The molecule has 94 valence electrons. The van der Waals surface area contributed by atoms with Gasteiger partial charge in [-0.15, -0.1) is 0 Å². The fourth-order valence-corrected chi connectivity index (χ4v) is 1.90. The summed E-state index contributed by atoms with van der Waals surface area (Å²) in [6, 6.07) is 9.02. The van der Waals surface area contributed by atoms with E-state index >= 15 is 0 Å². The average molecular weight is 309 g/mol. The molecule has 18 heavy (non-hydrogen) atoms. The van der Waals surface area contributed by atoms with Crippen molar-refractivity contribution in [2.24, 2.45) is 0 Å². The molecule has 0 aliphatic carbocycles. The summed E-state index contributed by atoms with van der Waals surface area (Å²) >= 11 is 3.32. The van der Waals surface area contributed by atoms with Crippen molar-refractivity contribution in [2.45, 2.75) is 20.0 Å². The Morgan fingerprint density at radius 1 is 1.28 bits per heavy atom. The maximum absolute atomic E-state index is 9.23. The van der Waals surface area contributed by atoms with Crippen molar-refractivity contribution in [3.05, 3.63) is 46.3 Å². The summed E-state index contributed by atoms with van der Waals surface area (Å²) in [6.07, 6.45) is 0.734. The van der Waals surface area contributed by atoms with Gasteiger partial charge < -0.3 is 9.84 Å². The molecule has 0 aliphatic rings. The molecule has 0 radical (unpaired) electrons. The molecule has 0 bridgehead atoms. The van der Waals surface area contributed by atoms with Crippen LogP contribution in [0.5, 0.6) is 11.6 Å².